The molecule has 0 aliphatic carbocycles. The molecule has 1 aromatic heterocycles. The van der Waals surface area contributed by atoms with Crippen LogP contribution < -0.4 is 5.32 Å². The van der Waals surface area contributed by atoms with Crippen LogP contribution in [0.3, 0.4) is 0 Å². The molecule has 2 aliphatic rings. The van der Waals surface area contributed by atoms with Crippen molar-refractivity contribution in [3.8, 4) is 0 Å². The zero-order valence-electron chi connectivity index (χ0n) is 24.1. The standard InChI is InChI=1S/C29H29ClF3N5O5S/c1-15-11-23-20(13-36(15)27(40)18-7-10-22(30)21(12-18)29(31,32)33)25-28(41)37(14-24(26(39)34-3)38(25)35-23)16(2)17-5-8-19(9-6-17)44(4,42)43/h5-10,12,15-16,24H,11,13-14H2,1-4H3,(H,34,39)/t15-,16?,24+/m1/s1. The lowest BCUT2D eigenvalue weighted by molar-refractivity contribution is -0.137. The fraction of sp³-hybridized carbons (Fsp3) is 0.379. The Bertz CT molecular complexity index is 1770. The predicted molar refractivity (Wildman–Crippen MR) is 154 cm³/mol. The minimum absolute atomic E-state index is 0.0236. The van der Waals surface area contributed by atoms with Gasteiger partial charge in [0.2, 0.25) is 5.91 Å². The Kier molecular flexibility index (Phi) is 8.04. The highest BCUT2D eigenvalue weighted by atomic mass is 35.5. The van der Waals surface area contributed by atoms with Crippen LogP contribution in [0.5, 0.6) is 0 Å². The van der Waals surface area contributed by atoms with Gasteiger partial charge in [-0.15, -0.1) is 0 Å². The number of sulfone groups is 1. The minimum atomic E-state index is -4.76. The first-order chi connectivity index (χ1) is 20.5. The maximum Gasteiger partial charge on any atom is 0.417 e. The van der Waals surface area contributed by atoms with Crippen LogP contribution in [0.4, 0.5) is 13.2 Å². The fourth-order valence-electron chi connectivity index (χ4n) is 5.68. The second-order valence-corrected chi connectivity index (χ2v) is 13.4. The van der Waals surface area contributed by atoms with E-state index >= 15 is 0 Å². The number of hydrogen-bond acceptors (Lipinski definition) is 6. The van der Waals surface area contributed by atoms with Gasteiger partial charge in [-0.2, -0.15) is 18.3 Å². The van der Waals surface area contributed by atoms with Gasteiger partial charge in [0.05, 0.1) is 40.3 Å². The molecule has 0 bridgehead atoms. The van der Waals surface area contributed by atoms with E-state index in [4.69, 9.17) is 11.6 Å². The quantitative estimate of drug-likeness (QED) is 0.444. The highest BCUT2D eigenvalue weighted by molar-refractivity contribution is 7.90. The largest absolute Gasteiger partial charge is 0.417 e. The van der Waals surface area contributed by atoms with Crippen molar-refractivity contribution in [2.24, 2.45) is 0 Å². The average Bonchev–Trinajstić information content (AvgIpc) is 3.33. The van der Waals surface area contributed by atoms with E-state index in [1.165, 1.54) is 39.7 Å². The van der Waals surface area contributed by atoms with Crippen LogP contribution in [0.15, 0.2) is 47.4 Å². The summed E-state index contributed by atoms with van der Waals surface area (Å²) in [4.78, 5) is 43.6. The van der Waals surface area contributed by atoms with E-state index in [0.717, 1.165) is 12.3 Å². The van der Waals surface area contributed by atoms with Gasteiger partial charge in [0, 0.05) is 36.9 Å². The number of amides is 3. The molecule has 0 fully saturated rings. The van der Waals surface area contributed by atoms with Crippen molar-refractivity contribution in [2.45, 2.75) is 56.0 Å². The van der Waals surface area contributed by atoms with Crippen LogP contribution in [0.2, 0.25) is 5.02 Å². The third kappa shape index (κ3) is 5.56. The van der Waals surface area contributed by atoms with Crippen LogP contribution in [-0.2, 0) is 33.8 Å². The number of carbonyl (C=O) groups excluding carboxylic acids is 3. The number of halogens is 4. The Morgan fingerprint density at radius 2 is 1.80 bits per heavy atom. The van der Waals surface area contributed by atoms with Crippen LogP contribution in [-0.4, -0.2) is 71.6 Å². The third-order valence-electron chi connectivity index (χ3n) is 8.16. The SMILES string of the molecule is CNC(=O)[C@@H]1CN(C(C)c2ccc(S(C)(=O)=O)cc2)C(=O)c2c3c(nn21)C[C@@H](C)N(C(=O)c1ccc(Cl)c(C(F)(F)F)c1)C3. The third-order valence-corrected chi connectivity index (χ3v) is 9.61. The van der Waals surface area contributed by atoms with E-state index in [9.17, 15) is 36.0 Å². The molecule has 5 rings (SSSR count). The molecule has 10 nitrogen and oxygen atoms in total. The summed E-state index contributed by atoms with van der Waals surface area (Å²) in [5, 5.41) is 6.68. The molecule has 1 N–H and O–H groups in total. The Hall–Kier alpha value is -3.91. The second-order valence-electron chi connectivity index (χ2n) is 11.0. The molecular weight excluding hydrogens is 623 g/mol. The molecule has 15 heteroatoms. The predicted octanol–water partition coefficient (Wildman–Crippen LogP) is 4.05. The molecule has 2 aliphatic heterocycles. The zero-order chi connectivity index (χ0) is 32.3. The second kappa shape index (κ2) is 11.2. The summed E-state index contributed by atoms with van der Waals surface area (Å²) in [5.74, 6) is -1.52. The number of carbonyl (C=O) groups is 3. The van der Waals surface area contributed by atoms with Gasteiger partial charge in [-0.25, -0.2) is 13.1 Å². The van der Waals surface area contributed by atoms with E-state index in [0.29, 0.717) is 22.9 Å². The molecule has 3 aromatic rings. The molecule has 0 spiro atoms. The summed E-state index contributed by atoms with van der Waals surface area (Å²) in [6, 6.07) is 7.12. The van der Waals surface area contributed by atoms with Gasteiger partial charge < -0.3 is 15.1 Å². The molecule has 3 heterocycles. The summed E-state index contributed by atoms with van der Waals surface area (Å²) in [6.07, 6.45) is -3.46. The van der Waals surface area contributed by atoms with Gasteiger partial charge in [-0.3, -0.25) is 14.4 Å². The Morgan fingerprint density at radius 3 is 2.39 bits per heavy atom. The summed E-state index contributed by atoms with van der Waals surface area (Å²) >= 11 is 5.75. The number of aromatic nitrogens is 2. The molecule has 0 radical (unpaired) electrons. The van der Waals surface area contributed by atoms with Crippen LogP contribution in [0.1, 0.15) is 69.2 Å². The molecule has 1 unspecified atom stereocenters. The Labute approximate surface area is 256 Å². The van der Waals surface area contributed by atoms with Gasteiger partial charge in [-0.1, -0.05) is 23.7 Å². The van der Waals surface area contributed by atoms with E-state index in [-0.39, 0.29) is 35.7 Å². The summed E-state index contributed by atoms with van der Waals surface area (Å²) < 4.78 is 65.7. The maximum absolute atomic E-state index is 14.1. The normalized spacial score (nSPS) is 19.3. The number of alkyl halides is 3. The first kappa shape index (κ1) is 31.5. The molecule has 0 saturated heterocycles. The van der Waals surface area contributed by atoms with Crippen molar-refractivity contribution in [1.29, 1.82) is 0 Å². The highest BCUT2D eigenvalue weighted by Crippen LogP contribution is 2.38. The van der Waals surface area contributed by atoms with E-state index < -0.39 is 62.4 Å². The van der Waals surface area contributed by atoms with E-state index in [1.54, 1.807) is 26.0 Å². The van der Waals surface area contributed by atoms with Crippen molar-refractivity contribution in [3.63, 3.8) is 0 Å². The average molecular weight is 652 g/mol. The number of rotatable bonds is 5. The molecule has 3 atom stereocenters. The number of fused-ring (bicyclic) bond motifs is 3. The van der Waals surface area contributed by atoms with E-state index in [1.807, 2.05) is 0 Å². The maximum atomic E-state index is 14.1. The summed E-state index contributed by atoms with van der Waals surface area (Å²) in [5.41, 5.74) is 0.326. The van der Waals surface area contributed by atoms with Crippen molar-refractivity contribution < 1.29 is 36.0 Å². The number of hydrogen-bond donors (Lipinski definition) is 1. The lowest BCUT2D eigenvalue weighted by Crippen LogP contribution is -2.49. The molecule has 234 valence electrons. The van der Waals surface area contributed by atoms with E-state index in [2.05, 4.69) is 10.4 Å². The zero-order valence-corrected chi connectivity index (χ0v) is 25.7. The van der Waals surface area contributed by atoms with Crippen LogP contribution >= 0.6 is 11.6 Å². The first-order valence-electron chi connectivity index (χ1n) is 13.6. The Balaban J connectivity index is 1.52. The number of benzene rings is 2. The first-order valence-corrected chi connectivity index (χ1v) is 15.9. The summed E-state index contributed by atoms with van der Waals surface area (Å²) in [6.45, 7) is 3.34. The molecule has 3 amide bonds. The lowest BCUT2D eigenvalue weighted by Gasteiger charge is -2.38. The van der Waals surface area contributed by atoms with Crippen LogP contribution in [0.25, 0.3) is 0 Å². The molecule has 0 saturated carbocycles. The van der Waals surface area contributed by atoms with Crippen molar-refractivity contribution >= 4 is 39.2 Å². The molecular formula is C29H29ClF3N5O5S. The smallest absolute Gasteiger partial charge is 0.357 e. The van der Waals surface area contributed by atoms with Gasteiger partial charge in [-0.05, 0) is 49.7 Å². The van der Waals surface area contributed by atoms with Crippen molar-refractivity contribution in [3.05, 3.63) is 81.1 Å². The van der Waals surface area contributed by atoms with Gasteiger partial charge >= 0.3 is 6.18 Å². The Morgan fingerprint density at radius 1 is 1.14 bits per heavy atom. The number of likely N-dealkylation sites (N-methyl/N-ethyl adjacent to an activating group) is 1. The van der Waals surface area contributed by atoms with Gasteiger partial charge in [0.1, 0.15) is 11.7 Å². The van der Waals surface area contributed by atoms with Crippen LogP contribution in [0, 0.1) is 0 Å². The van der Waals surface area contributed by atoms with Crippen molar-refractivity contribution in [2.75, 3.05) is 19.8 Å². The van der Waals surface area contributed by atoms with Gasteiger partial charge in [0.25, 0.3) is 11.8 Å². The monoisotopic (exact) mass is 651 g/mol. The topological polar surface area (TPSA) is 122 Å². The molecule has 44 heavy (non-hydrogen) atoms. The lowest BCUT2D eigenvalue weighted by atomic mass is 9.96. The fourth-order valence-corrected chi connectivity index (χ4v) is 6.53. The summed E-state index contributed by atoms with van der Waals surface area (Å²) in [7, 11) is -1.97. The number of nitrogens with one attached hydrogen (secondary N) is 1. The highest BCUT2D eigenvalue weighted by Gasteiger charge is 2.44. The molecule has 2 aromatic carbocycles. The minimum Gasteiger partial charge on any atom is -0.357 e. The number of nitrogens with zero attached hydrogens (tertiary/aromatic N) is 4. The van der Waals surface area contributed by atoms with Gasteiger partial charge in [0.15, 0.2) is 9.84 Å². The van der Waals surface area contributed by atoms with Crippen molar-refractivity contribution in [1.82, 2.24) is 24.9 Å².